The van der Waals surface area contributed by atoms with E-state index in [0.29, 0.717) is 17.0 Å². The van der Waals surface area contributed by atoms with Crippen LogP contribution in [0.1, 0.15) is 42.0 Å². The maximum Gasteiger partial charge on any atom is 0.257 e. The van der Waals surface area contributed by atoms with E-state index in [2.05, 4.69) is 22.1 Å². The van der Waals surface area contributed by atoms with Gasteiger partial charge in [0.2, 0.25) is 0 Å². The van der Waals surface area contributed by atoms with Crippen LogP contribution >= 0.6 is 0 Å². The van der Waals surface area contributed by atoms with Gasteiger partial charge in [-0.1, -0.05) is 0 Å². The van der Waals surface area contributed by atoms with Gasteiger partial charge in [0.25, 0.3) is 5.91 Å². The third-order valence-electron chi connectivity index (χ3n) is 5.99. The van der Waals surface area contributed by atoms with Crippen LogP contribution in [-0.2, 0) is 0 Å². The van der Waals surface area contributed by atoms with Crippen LogP contribution in [0.3, 0.4) is 0 Å². The van der Waals surface area contributed by atoms with E-state index in [9.17, 15) is 4.79 Å². The van der Waals surface area contributed by atoms with E-state index in [1.807, 2.05) is 23.1 Å². The Balaban J connectivity index is 1.55. The van der Waals surface area contributed by atoms with Gasteiger partial charge in [-0.15, -0.1) is 0 Å². The van der Waals surface area contributed by atoms with Crippen LogP contribution in [-0.4, -0.2) is 56.0 Å². The van der Waals surface area contributed by atoms with Crippen LogP contribution in [0.2, 0.25) is 0 Å². The Morgan fingerprint density at radius 2 is 1.75 bits per heavy atom. The molecule has 9 nitrogen and oxygen atoms in total. The number of amides is 1. The van der Waals surface area contributed by atoms with Gasteiger partial charge in [0.1, 0.15) is 17.3 Å². The molecule has 0 unspecified atom stereocenters. The highest BCUT2D eigenvalue weighted by Crippen LogP contribution is 2.38. The zero-order valence-corrected chi connectivity index (χ0v) is 18.1. The van der Waals surface area contributed by atoms with Gasteiger partial charge < -0.3 is 19.4 Å². The molecule has 1 N–H and O–H groups in total. The number of nitrogens with one attached hydrogen (secondary N) is 1. The van der Waals surface area contributed by atoms with E-state index in [0.717, 1.165) is 35.4 Å². The van der Waals surface area contributed by atoms with Crippen LogP contribution in [0.15, 0.2) is 48.8 Å². The van der Waals surface area contributed by atoms with Gasteiger partial charge in [0, 0.05) is 12.1 Å². The molecular weight excluding hydrogens is 408 g/mol. The Morgan fingerprint density at radius 1 is 1.03 bits per heavy atom. The number of nitrogens with zero attached hydrogens (tertiary/aromatic N) is 5. The summed E-state index contributed by atoms with van der Waals surface area (Å²) < 4.78 is 10.7. The zero-order chi connectivity index (χ0) is 22.2. The number of methoxy groups -OCH3 is 2. The molecule has 1 amide bonds. The van der Waals surface area contributed by atoms with Crippen LogP contribution in [0.4, 0.5) is 0 Å². The minimum atomic E-state index is -0.166. The second-order valence-corrected chi connectivity index (χ2v) is 7.86. The van der Waals surface area contributed by atoms with Crippen molar-refractivity contribution < 1.29 is 14.3 Å². The van der Waals surface area contributed by atoms with Crippen LogP contribution in [0, 0.1) is 0 Å². The minimum Gasteiger partial charge on any atom is -0.497 e. The standard InChI is InChI=1S/C23H24N6O3/c1-14-4-8-21(22-26-18-7-5-16(32-3)13-19(18)27-22)28(14)23(30)17-12-15(31-2)6-9-20(17)29-24-10-11-25-29/h5-7,9-14,21H,4,8H2,1-3H3,(H,26,27)/t14-,21+/m1/s1. The lowest BCUT2D eigenvalue weighted by Crippen LogP contribution is -2.36. The Bertz CT molecular complexity index is 1270. The summed E-state index contributed by atoms with van der Waals surface area (Å²) in [6, 6.07) is 10.9. The molecule has 1 aliphatic heterocycles. The summed E-state index contributed by atoms with van der Waals surface area (Å²) in [5.74, 6) is 2.02. The fraction of sp³-hybridized carbons (Fsp3) is 0.304. The predicted molar refractivity (Wildman–Crippen MR) is 118 cm³/mol. The monoisotopic (exact) mass is 432 g/mol. The first-order valence-corrected chi connectivity index (χ1v) is 10.5. The van der Waals surface area contributed by atoms with Crippen molar-refractivity contribution in [2.45, 2.75) is 31.8 Å². The van der Waals surface area contributed by atoms with E-state index >= 15 is 0 Å². The molecule has 0 aliphatic carbocycles. The summed E-state index contributed by atoms with van der Waals surface area (Å²) in [4.78, 5) is 25.4. The van der Waals surface area contributed by atoms with Gasteiger partial charge in [-0.25, -0.2) is 4.98 Å². The average Bonchev–Trinajstić information content (AvgIpc) is 3.57. The highest BCUT2D eigenvalue weighted by molar-refractivity contribution is 5.98. The summed E-state index contributed by atoms with van der Waals surface area (Å²) in [5, 5.41) is 8.43. The molecule has 2 aromatic carbocycles. The van der Waals surface area contributed by atoms with Crippen molar-refractivity contribution >= 4 is 16.9 Å². The number of imidazole rings is 1. The fourth-order valence-corrected chi connectivity index (χ4v) is 4.35. The number of hydrogen-bond acceptors (Lipinski definition) is 6. The molecule has 3 heterocycles. The number of rotatable bonds is 5. The molecular formula is C23H24N6O3. The van der Waals surface area contributed by atoms with Crippen LogP contribution < -0.4 is 9.47 Å². The molecule has 0 spiro atoms. The third-order valence-corrected chi connectivity index (χ3v) is 5.99. The summed E-state index contributed by atoms with van der Waals surface area (Å²) in [6.07, 6.45) is 4.88. The Hall–Kier alpha value is -3.88. The van der Waals surface area contributed by atoms with Crippen molar-refractivity contribution in [3.05, 3.63) is 60.2 Å². The minimum absolute atomic E-state index is 0.0554. The molecule has 4 aromatic rings. The first kappa shape index (κ1) is 20.0. The molecule has 9 heteroatoms. The number of H-pyrrole nitrogens is 1. The van der Waals surface area contributed by atoms with Gasteiger partial charge in [0.15, 0.2) is 0 Å². The van der Waals surface area contributed by atoms with Crippen molar-refractivity contribution in [3.63, 3.8) is 0 Å². The molecule has 1 saturated heterocycles. The zero-order valence-electron chi connectivity index (χ0n) is 18.1. The third kappa shape index (κ3) is 3.35. The number of ether oxygens (including phenoxy) is 2. The van der Waals surface area contributed by atoms with Gasteiger partial charge in [-0.2, -0.15) is 15.0 Å². The quantitative estimate of drug-likeness (QED) is 0.518. The van der Waals surface area contributed by atoms with Crippen molar-refractivity contribution in [1.29, 1.82) is 0 Å². The number of benzene rings is 2. The lowest BCUT2D eigenvalue weighted by molar-refractivity contribution is 0.0672. The molecule has 164 valence electrons. The van der Waals surface area contributed by atoms with Crippen LogP contribution in [0.25, 0.3) is 16.7 Å². The van der Waals surface area contributed by atoms with Crippen LogP contribution in [0.5, 0.6) is 11.5 Å². The first-order chi connectivity index (χ1) is 15.6. The highest BCUT2D eigenvalue weighted by Gasteiger charge is 2.38. The lowest BCUT2D eigenvalue weighted by atomic mass is 10.1. The number of likely N-dealkylation sites (tertiary alicyclic amines) is 1. The molecule has 1 fully saturated rings. The Labute approximate surface area is 185 Å². The van der Waals surface area contributed by atoms with Gasteiger partial charge in [0.05, 0.1) is 54.9 Å². The molecule has 2 aromatic heterocycles. The number of fused-ring (bicyclic) bond motifs is 1. The largest absolute Gasteiger partial charge is 0.497 e. The van der Waals surface area contributed by atoms with Crippen molar-refractivity contribution in [1.82, 2.24) is 29.9 Å². The van der Waals surface area contributed by atoms with Crippen molar-refractivity contribution in [3.8, 4) is 17.2 Å². The summed E-state index contributed by atoms with van der Waals surface area (Å²) in [6.45, 7) is 2.07. The molecule has 0 radical (unpaired) electrons. The van der Waals surface area contributed by atoms with Gasteiger partial charge >= 0.3 is 0 Å². The van der Waals surface area contributed by atoms with Gasteiger partial charge in [-0.05, 0) is 50.1 Å². The Kier molecular flexibility index (Phi) is 5.01. The highest BCUT2D eigenvalue weighted by atomic mass is 16.5. The topological polar surface area (TPSA) is 98.2 Å². The maximum absolute atomic E-state index is 13.9. The van der Waals surface area contributed by atoms with Crippen molar-refractivity contribution in [2.24, 2.45) is 0 Å². The number of carbonyl (C=O) groups excluding carboxylic acids is 1. The molecule has 2 atom stereocenters. The molecule has 0 saturated carbocycles. The second-order valence-electron chi connectivity index (χ2n) is 7.86. The molecule has 32 heavy (non-hydrogen) atoms. The lowest BCUT2D eigenvalue weighted by Gasteiger charge is -2.28. The van der Waals surface area contributed by atoms with E-state index in [4.69, 9.17) is 14.5 Å². The second kappa shape index (κ2) is 7.99. The smallest absolute Gasteiger partial charge is 0.257 e. The molecule has 5 rings (SSSR count). The Morgan fingerprint density at radius 3 is 2.50 bits per heavy atom. The summed E-state index contributed by atoms with van der Waals surface area (Å²) in [7, 11) is 3.22. The summed E-state index contributed by atoms with van der Waals surface area (Å²) in [5.41, 5.74) is 2.81. The van der Waals surface area contributed by atoms with Crippen molar-refractivity contribution in [2.75, 3.05) is 14.2 Å². The van der Waals surface area contributed by atoms with E-state index < -0.39 is 0 Å². The maximum atomic E-state index is 13.9. The molecule has 1 aliphatic rings. The SMILES string of the molecule is COc1ccc(-n2nccn2)c(C(=O)N2[C@H](C)CC[C@H]2c2nc3ccc(OC)cc3[nH]2)c1. The number of hydrogen-bond donors (Lipinski definition) is 1. The molecule has 0 bridgehead atoms. The van der Waals surface area contributed by atoms with Gasteiger partial charge in [-0.3, -0.25) is 4.79 Å². The number of aromatic amines is 1. The van der Waals surface area contributed by atoms with E-state index in [-0.39, 0.29) is 18.0 Å². The summed E-state index contributed by atoms with van der Waals surface area (Å²) >= 11 is 0. The van der Waals surface area contributed by atoms with E-state index in [1.165, 1.54) is 4.80 Å². The first-order valence-electron chi connectivity index (χ1n) is 10.5. The number of aromatic nitrogens is 5. The normalized spacial score (nSPS) is 18.3. The average molecular weight is 432 g/mol. The number of carbonyl (C=O) groups is 1. The fourth-order valence-electron chi connectivity index (χ4n) is 4.35. The van der Waals surface area contributed by atoms with E-state index in [1.54, 1.807) is 44.8 Å². The predicted octanol–water partition coefficient (Wildman–Crippen LogP) is 3.53.